The quantitative estimate of drug-likeness (QED) is 0.240. The lowest BCUT2D eigenvalue weighted by Gasteiger charge is -2.18. The van der Waals surface area contributed by atoms with Gasteiger partial charge >= 0.3 is 0 Å². The SMILES string of the molecule is C\C=C(/C=C(/C=C\CC)C(\C)=C\CC)NC=O.Cc1ccc(CNC2=C(Cl)C(=O)c3ccccc3C2=O)cc1. The maximum atomic E-state index is 12.5. The fraction of sp³-hybridized carbons (Fsp3) is 0.242. The van der Waals surface area contributed by atoms with Crippen LogP contribution in [0.4, 0.5) is 0 Å². The lowest BCUT2D eigenvalue weighted by atomic mass is 9.92. The Balaban J connectivity index is 0.000000285. The Morgan fingerprint density at radius 3 is 2.15 bits per heavy atom. The third kappa shape index (κ3) is 9.08. The van der Waals surface area contributed by atoms with E-state index in [0.717, 1.165) is 29.7 Å². The Morgan fingerprint density at radius 2 is 1.59 bits per heavy atom. The summed E-state index contributed by atoms with van der Waals surface area (Å²) in [6.45, 7) is 10.7. The van der Waals surface area contributed by atoms with Crippen molar-refractivity contribution in [2.45, 2.75) is 54.0 Å². The molecular formula is C33H37ClN2O3. The van der Waals surface area contributed by atoms with Crippen LogP contribution >= 0.6 is 11.6 Å². The molecule has 0 heterocycles. The number of aryl methyl sites for hydroxylation is 1. The summed E-state index contributed by atoms with van der Waals surface area (Å²) in [5, 5.41) is 5.64. The first-order valence-corrected chi connectivity index (χ1v) is 13.4. The molecule has 0 saturated carbocycles. The molecule has 0 bridgehead atoms. The molecule has 0 aromatic heterocycles. The van der Waals surface area contributed by atoms with Crippen LogP contribution in [0.5, 0.6) is 0 Å². The van der Waals surface area contributed by atoms with Crippen LogP contribution in [-0.4, -0.2) is 18.0 Å². The van der Waals surface area contributed by atoms with E-state index in [-0.39, 0.29) is 22.3 Å². The van der Waals surface area contributed by atoms with Crippen LogP contribution in [-0.2, 0) is 11.3 Å². The molecular weight excluding hydrogens is 508 g/mol. The van der Waals surface area contributed by atoms with Crippen molar-refractivity contribution in [3.05, 3.63) is 129 Å². The van der Waals surface area contributed by atoms with Crippen molar-refractivity contribution < 1.29 is 14.4 Å². The molecule has 1 aliphatic carbocycles. The van der Waals surface area contributed by atoms with Crippen LogP contribution in [0, 0.1) is 6.92 Å². The summed E-state index contributed by atoms with van der Waals surface area (Å²) in [7, 11) is 0. The van der Waals surface area contributed by atoms with Gasteiger partial charge < -0.3 is 10.6 Å². The second kappa shape index (κ2) is 16.1. The zero-order chi connectivity index (χ0) is 28.8. The van der Waals surface area contributed by atoms with Gasteiger partial charge in [0.05, 0.1) is 0 Å². The van der Waals surface area contributed by atoms with E-state index in [1.54, 1.807) is 24.3 Å². The number of benzene rings is 2. The van der Waals surface area contributed by atoms with Gasteiger partial charge in [-0.05, 0) is 56.4 Å². The molecule has 1 aliphatic rings. The molecule has 0 radical (unpaired) electrons. The first kappa shape index (κ1) is 31.3. The van der Waals surface area contributed by atoms with Gasteiger partial charge in [0.2, 0.25) is 18.0 Å². The Bertz CT molecular complexity index is 1330. The number of nitrogens with one attached hydrogen (secondary N) is 2. The summed E-state index contributed by atoms with van der Waals surface area (Å²) >= 11 is 6.09. The van der Waals surface area contributed by atoms with Crippen molar-refractivity contribution in [2.24, 2.45) is 0 Å². The van der Waals surface area contributed by atoms with Crippen LogP contribution in [0.2, 0.25) is 0 Å². The van der Waals surface area contributed by atoms with Crippen LogP contribution in [0.3, 0.4) is 0 Å². The summed E-state index contributed by atoms with van der Waals surface area (Å²) in [4.78, 5) is 35.2. The van der Waals surface area contributed by atoms with Gasteiger partial charge in [-0.1, -0.05) is 104 Å². The van der Waals surface area contributed by atoms with Gasteiger partial charge in [0.1, 0.15) is 10.7 Å². The molecule has 0 saturated heterocycles. The lowest BCUT2D eigenvalue weighted by Crippen LogP contribution is -2.28. The number of halogens is 1. The number of carbonyl (C=O) groups excluding carboxylic acids is 3. The van der Waals surface area contributed by atoms with Crippen LogP contribution < -0.4 is 10.6 Å². The van der Waals surface area contributed by atoms with Gasteiger partial charge in [-0.2, -0.15) is 0 Å². The zero-order valence-electron chi connectivity index (χ0n) is 23.3. The van der Waals surface area contributed by atoms with E-state index in [9.17, 15) is 14.4 Å². The van der Waals surface area contributed by atoms with E-state index >= 15 is 0 Å². The Kier molecular flexibility index (Phi) is 12.9. The van der Waals surface area contributed by atoms with E-state index in [4.69, 9.17) is 11.6 Å². The topological polar surface area (TPSA) is 75.3 Å². The summed E-state index contributed by atoms with van der Waals surface area (Å²) in [6.07, 6.45) is 13.0. The van der Waals surface area contributed by atoms with Crippen molar-refractivity contribution in [2.75, 3.05) is 0 Å². The van der Waals surface area contributed by atoms with Crippen molar-refractivity contribution in [3.8, 4) is 0 Å². The Morgan fingerprint density at radius 1 is 0.949 bits per heavy atom. The highest BCUT2D eigenvalue weighted by Crippen LogP contribution is 2.27. The summed E-state index contributed by atoms with van der Waals surface area (Å²) in [6, 6.07) is 14.7. The van der Waals surface area contributed by atoms with E-state index in [2.05, 4.69) is 49.6 Å². The molecule has 1 amide bonds. The van der Waals surface area contributed by atoms with E-state index in [0.29, 0.717) is 24.1 Å². The monoisotopic (exact) mass is 544 g/mol. The second-order valence-electron chi connectivity index (χ2n) is 8.94. The minimum atomic E-state index is -0.316. The van der Waals surface area contributed by atoms with E-state index in [1.165, 1.54) is 11.1 Å². The van der Waals surface area contributed by atoms with Crippen molar-refractivity contribution >= 4 is 29.6 Å². The maximum Gasteiger partial charge on any atom is 0.211 e. The van der Waals surface area contributed by atoms with Gasteiger partial charge in [-0.15, -0.1) is 0 Å². The number of allylic oxidation sites excluding steroid dienone is 9. The van der Waals surface area contributed by atoms with Crippen molar-refractivity contribution in [3.63, 3.8) is 0 Å². The first-order valence-electron chi connectivity index (χ1n) is 13.1. The molecule has 3 rings (SSSR count). The highest BCUT2D eigenvalue weighted by Gasteiger charge is 2.30. The molecule has 39 heavy (non-hydrogen) atoms. The second-order valence-corrected chi connectivity index (χ2v) is 9.32. The number of carbonyl (C=O) groups is 3. The molecule has 0 spiro atoms. The molecule has 204 valence electrons. The van der Waals surface area contributed by atoms with Gasteiger partial charge in [0.25, 0.3) is 0 Å². The molecule has 0 aliphatic heterocycles. The number of amides is 1. The zero-order valence-corrected chi connectivity index (χ0v) is 24.1. The maximum absolute atomic E-state index is 12.5. The number of hydrogen-bond donors (Lipinski definition) is 2. The summed E-state index contributed by atoms with van der Waals surface area (Å²) in [5.74, 6) is -0.560. The van der Waals surface area contributed by atoms with Gasteiger partial charge in [-0.25, -0.2) is 0 Å². The summed E-state index contributed by atoms with van der Waals surface area (Å²) < 4.78 is 0. The number of ketones is 2. The number of hydrogen-bond acceptors (Lipinski definition) is 4. The number of rotatable bonds is 10. The fourth-order valence-corrected chi connectivity index (χ4v) is 4.06. The van der Waals surface area contributed by atoms with E-state index in [1.807, 2.05) is 50.3 Å². The van der Waals surface area contributed by atoms with Gasteiger partial charge in [0.15, 0.2) is 0 Å². The minimum absolute atomic E-state index is 0.0455. The fourth-order valence-electron chi connectivity index (χ4n) is 3.81. The first-order chi connectivity index (χ1) is 18.8. The predicted octanol–water partition coefficient (Wildman–Crippen LogP) is 7.50. The normalized spacial score (nSPS) is 14.2. The van der Waals surface area contributed by atoms with Crippen molar-refractivity contribution in [1.29, 1.82) is 0 Å². The van der Waals surface area contributed by atoms with Gasteiger partial charge in [0, 0.05) is 23.4 Å². The summed E-state index contributed by atoms with van der Waals surface area (Å²) in [5.41, 5.74) is 6.29. The molecule has 5 nitrogen and oxygen atoms in total. The van der Waals surface area contributed by atoms with Crippen LogP contribution in [0.1, 0.15) is 72.4 Å². The van der Waals surface area contributed by atoms with Gasteiger partial charge in [-0.3, -0.25) is 14.4 Å². The Hall–Kier alpha value is -3.96. The molecule has 6 heteroatoms. The van der Waals surface area contributed by atoms with Crippen LogP contribution in [0.25, 0.3) is 0 Å². The Labute approximate surface area is 237 Å². The standard InChI is InChI=1S/C18H14ClNO2.C15H23NO/c1-11-6-8-12(9-7-11)10-20-16-15(19)17(21)13-4-2-3-5-14(13)18(16)22;1-5-8-10-14(13(4)9-6-2)11-15(7-3)16-12-17/h2-9,20H,10H2,1H3;7-12H,5-6H2,1-4H3,(H,16,17)/b;10-8-,13-9+,14-11-,15-7+. The number of fused-ring (bicyclic) bond motifs is 1. The third-order valence-corrected chi connectivity index (χ3v) is 6.36. The molecule has 0 fully saturated rings. The predicted molar refractivity (Wildman–Crippen MR) is 161 cm³/mol. The third-order valence-electron chi connectivity index (χ3n) is 6.00. The average molecular weight is 545 g/mol. The smallest absolute Gasteiger partial charge is 0.211 e. The molecule has 2 aromatic rings. The largest absolute Gasteiger partial charge is 0.376 e. The number of Topliss-reactive ketones (excluding diaryl/α,β-unsaturated/α-hetero) is 2. The molecule has 2 N–H and O–H groups in total. The van der Waals surface area contributed by atoms with Crippen LogP contribution in [0.15, 0.2) is 106 Å². The lowest BCUT2D eigenvalue weighted by molar-refractivity contribution is -0.108. The highest BCUT2D eigenvalue weighted by molar-refractivity contribution is 6.49. The average Bonchev–Trinajstić information content (AvgIpc) is 2.95. The molecule has 2 aromatic carbocycles. The minimum Gasteiger partial charge on any atom is -0.376 e. The van der Waals surface area contributed by atoms with Crippen molar-refractivity contribution in [1.82, 2.24) is 10.6 Å². The molecule has 0 atom stereocenters. The van der Waals surface area contributed by atoms with E-state index < -0.39 is 0 Å². The highest BCUT2D eigenvalue weighted by atomic mass is 35.5. The molecule has 0 unspecified atom stereocenters.